The lowest BCUT2D eigenvalue weighted by atomic mass is 10.0. The molecule has 7 heteroatoms. The second kappa shape index (κ2) is 4.08. The van der Waals surface area contributed by atoms with Gasteiger partial charge in [-0.2, -0.15) is 4.31 Å². The van der Waals surface area contributed by atoms with E-state index in [-0.39, 0.29) is 12.2 Å². The third-order valence-electron chi connectivity index (χ3n) is 2.85. The first-order chi connectivity index (χ1) is 7.88. The number of non-ortho nitro benzene ring substituents is 1. The quantitative estimate of drug-likeness (QED) is 0.582. The zero-order valence-electron chi connectivity index (χ0n) is 9.29. The fraction of sp³-hybridized carbons (Fsp3) is 0.400. The Kier molecular flexibility index (Phi) is 2.88. The molecule has 6 nitrogen and oxygen atoms in total. The number of nitro benzene ring substituents is 1. The standard InChI is InChI=1S/C10H12N2O4S/c1-17(15,16)11-5-4-8-2-3-10(12(13)14)6-9(8)7-11/h2-3,6H,4-5,7H2,1H3. The number of benzene rings is 1. The molecule has 0 amide bonds. The van der Waals surface area contributed by atoms with E-state index in [4.69, 9.17) is 0 Å². The molecule has 2 rings (SSSR count). The lowest BCUT2D eigenvalue weighted by molar-refractivity contribution is -0.385. The molecule has 0 atom stereocenters. The minimum atomic E-state index is -3.24. The molecule has 17 heavy (non-hydrogen) atoms. The lowest BCUT2D eigenvalue weighted by Crippen LogP contribution is -2.35. The fourth-order valence-electron chi connectivity index (χ4n) is 1.91. The Morgan fingerprint density at radius 3 is 2.65 bits per heavy atom. The van der Waals surface area contributed by atoms with Gasteiger partial charge in [0.1, 0.15) is 0 Å². The summed E-state index contributed by atoms with van der Waals surface area (Å²) in [6, 6.07) is 4.61. The molecule has 0 aromatic heterocycles. The minimum Gasteiger partial charge on any atom is -0.258 e. The van der Waals surface area contributed by atoms with Crippen molar-refractivity contribution in [2.75, 3.05) is 12.8 Å². The van der Waals surface area contributed by atoms with Gasteiger partial charge in [0.15, 0.2) is 0 Å². The average molecular weight is 256 g/mol. The zero-order valence-corrected chi connectivity index (χ0v) is 10.1. The van der Waals surface area contributed by atoms with Gasteiger partial charge in [0.05, 0.1) is 11.2 Å². The van der Waals surface area contributed by atoms with Crippen molar-refractivity contribution in [3.8, 4) is 0 Å². The molecule has 0 saturated heterocycles. The van der Waals surface area contributed by atoms with E-state index in [1.807, 2.05) is 0 Å². The average Bonchev–Trinajstić information content (AvgIpc) is 2.26. The summed E-state index contributed by atoms with van der Waals surface area (Å²) < 4.78 is 24.1. The normalized spacial score (nSPS) is 16.5. The molecular weight excluding hydrogens is 244 g/mol. The fourth-order valence-corrected chi connectivity index (χ4v) is 2.71. The third-order valence-corrected chi connectivity index (χ3v) is 4.10. The number of hydrogen-bond donors (Lipinski definition) is 0. The predicted octanol–water partition coefficient (Wildman–Crippen LogP) is 0.912. The highest BCUT2D eigenvalue weighted by Crippen LogP contribution is 2.24. The van der Waals surface area contributed by atoms with Gasteiger partial charge >= 0.3 is 0 Å². The second-order valence-electron chi connectivity index (χ2n) is 4.06. The summed E-state index contributed by atoms with van der Waals surface area (Å²) in [6.07, 6.45) is 1.75. The maximum absolute atomic E-state index is 11.4. The molecule has 0 bridgehead atoms. The smallest absolute Gasteiger partial charge is 0.258 e. The number of sulfonamides is 1. The van der Waals surface area contributed by atoms with E-state index < -0.39 is 14.9 Å². The van der Waals surface area contributed by atoms with Crippen molar-refractivity contribution < 1.29 is 13.3 Å². The van der Waals surface area contributed by atoms with Crippen LogP contribution in [0.25, 0.3) is 0 Å². The van der Waals surface area contributed by atoms with Crippen molar-refractivity contribution in [3.05, 3.63) is 39.4 Å². The summed E-state index contributed by atoms with van der Waals surface area (Å²) in [4.78, 5) is 10.2. The topological polar surface area (TPSA) is 80.5 Å². The summed E-state index contributed by atoms with van der Waals surface area (Å²) in [7, 11) is -3.24. The summed E-state index contributed by atoms with van der Waals surface area (Å²) in [6.45, 7) is 0.652. The largest absolute Gasteiger partial charge is 0.269 e. The van der Waals surface area contributed by atoms with Crippen LogP contribution in [0.3, 0.4) is 0 Å². The first kappa shape index (κ1) is 12.0. The van der Waals surface area contributed by atoms with E-state index in [9.17, 15) is 18.5 Å². The van der Waals surface area contributed by atoms with Gasteiger partial charge in [-0.3, -0.25) is 10.1 Å². The van der Waals surface area contributed by atoms with Crippen LogP contribution in [0.2, 0.25) is 0 Å². The molecule has 1 aromatic rings. The number of fused-ring (bicyclic) bond motifs is 1. The van der Waals surface area contributed by atoms with Gasteiger partial charge in [-0.25, -0.2) is 8.42 Å². The van der Waals surface area contributed by atoms with Crippen molar-refractivity contribution in [1.82, 2.24) is 4.31 Å². The Morgan fingerprint density at radius 1 is 1.35 bits per heavy atom. The van der Waals surface area contributed by atoms with E-state index in [0.717, 1.165) is 17.4 Å². The Bertz CT molecular complexity index is 568. The SMILES string of the molecule is CS(=O)(=O)N1CCc2ccc([N+](=O)[O-])cc2C1. The molecule has 92 valence electrons. The van der Waals surface area contributed by atoms with Crippen molar-refractivity contribution in [2.24, 2.45) is 0 Å². The van der Waals surface area contributed by atoms with Gasteiger partial charge in [-0.05, 0) is 17.5 Å². The molecule has 0 saturated carbocycles. The van der Waals surface area contributed by atoms with Crippen LogP contribution in [-0.2, 0) is 23.0 Å². The van der Waals surface area contributed by atoms with Crippen LogP contribution in [-0.4, -0.2) is 30.4 Å². The monoisotopic (exact) mass is 256 g/mol. The molecule has 0 unspecified atom stereocenters. The molecule has 0 aliphatic carbocycles. The van der Waals surface area contributed by atoms with E-state index >= 15 is 0 Å². The molecule has 1 aromatic carbocycles. The summed E-state index contributed by atoms with van der Waals surface area (Å²) in [5, 5.41) is 10.6. The van der Waals surface area contributed by atoms with Gasteiger partial charge in [0, 0.05) is 25.2 Å². The van der Waals surface area contributed by atoms with Crippen LogP contribution >= 0.6 is 0 Å². The van der Waals surface area contributed by atoms with Crippen LogP contribution in [0.5, 0.6) is 0 Å². The maximum atomic E-state index is 11.4. The molecule has 0 N–H and O–H groups in total. The van der Waals surface area contributed by atoms with Crippen molar-refractivity contribution in [1.29, 1.82) is 0 Å². The van der Waals surface area contributed by atoms with E-state index in [0.29, 0.717) is 13.0 Å². The van der Waals surface area contributed by atoms with Crippen LogP contribution in [0.1, 0.15) is 11.1 Å². The highest BCUT2D eigenvalue weighted by atomic mass is 32.2. The Labute approximate surface area is 99.1 Å². The van der Waals surface area contributed by atoms with Gasteiger partial charge in [-0.15, -0.1) is 0 Å². The van der Waals surface area contributed by atoms with Gasteiger partial charge in [0.25, 0.3) is 5.69 Å². The minimum absolute atomic E-state index is 0.000832. The Hall–Kier alpha value is -1.47. The maximum Gasteiger partial charge on any atom is 0.269 e. The molecule has 0 spiro atoms. The summed E-state index contributed by atoms with van der Waals surface area (Å²) in [5.74, 6) is 0. The Morgan fingerprint density at radius 2 is 2.06 bits per heavy atom. The Balaban J connectivity index is 2.36. The van der Waals surface area contributed by atoms with Gasteiger partial charge < -0.3 is 0 Å². The summed E-state index contributed by atoms with van der Waals surface area (Å²) >= 11 is 0. The zero-order chi connectivity index (χ0) is 12.6. The molecule has 1 aliphatic rings. The van der Waals surface area contributed by atoms with Gasteiger partial charge in [-0.1, -0.05) is 6.07 Å². The number of rotatable bonds is 2. The first-order valence-corrected chi connectivity index (χ1v) is 6.94. The van der Waals surface area contributed by atoms with E-state index in [1.165, 1.54) is 16.4 Å². The van der Waals surface area contributed by atoms with Crippen LogP contribution < -0.4 is 0 Å². The number of nitrogens with zero attached hydrogens (tertiary/aromatic N) is 2. The van der Waals surface area contributed by atoms with Crippen LogP contribution in [0, 0.1) is 10.1 Å². The van der Waals surface area contributed by atoms with Crippen molar-refractivity contribution >= 4 is 15.7 Å². The molecule has 0 fully saturated rings. The van der Waals surface area contributed by atoms with E-state index in [1.54, 1.807) is 6.07 Å². The van der Waals surface area contributed by atoms with Crippen LogP contribution in [0.4, 0.5) is 5.69 Å². The van der Waals surface area contributed by atoms with Crippen molar-refractivity contribution in [2.45, 2.75) is 13.0 Å². The first-order valence-electron chi connectivity index (χ1n) is 5.09. The number of hydrogen-bond acceptors (Lipinski definition) is 4. The van der Waals surface area contributed by atoms with Crippen molar-refractivity contribution in [3.63, 3.8) is 0 Å². The van der Waals surface area contributed by atoms with Gasteiger partial charge in [0.2, 0.25) is 10.0 Å². The molecular formula is C10H12N2O4S. The second-order valence-corrected chi connectivity index (χ2v) is 6.04. The molecule has 1 aliphatic heterocycles. The van der Waals surface area contributed by atoms with E-state index in [2.05, 4.69) is 0 Å². The highest BCUT2D eigenvalue weighted by Gasteiger charge is 2.24. The number of nitro groups is 1. The predicted molar refractivity (Wildman–Crippen MR) is 62.1 cm³/mol. The van der Waals surface area contributed by atoms with Crippen LogP contribution in [0.15, 0.2) is 18.2 Å². The molecule has 0 radical (unpaired) electrons. The third kappa shape index (κ3) is 2.45. The lowest BCUT2D eigenvalue weighted by Gasteiger charge is -2.26. The molecule has 1 heterocycles. The highest BCUT2D eigenvalue weighted by molar-refractivity contribution is 7.88. The summed E-state index contributed by atoms with van der Waals surface area (Å²) in [5.41, 5.74) is 1.70.